The summed E-state index contributed by atoms with van der Waals surface area (Å²) >= 11 is 0. The average molecular weight is 389 g/mol. The fourth-order valence-corrected chi connectivity index (χ4v) is 4.48. The van der Waals surface area contributed by atoms with Crippen LogP contribution < -0.4 is 0 Å². The molecule has 4 rings (SSSR count). The van der Waals surface area contributed by atoms with E-state index in [1.807, 2.05) is 6.07 Å². The van der Waals surface area contributed by atoms with Crippen molar-refractivity contribution >= 4 is 17.3 Å². The van der Waals surface area contributed by atoms with Crippen LogP contribution in [0.1, 0.15) is 81.9 Å². The third-order valence-electron chi connectivity index (χ3n) is 6.17. The van der Waals surface area contributed by atoms with Gasteiger partial charge in [-0.3, -0.25) is 0 Å². The second-order valence-corrected chi connectivity index (χ2v) is 9.06. The predicted octanol–water partition coefficient (Wildman–Crippen LogP) is 6.80. The van der Waals surface area contributed by atoms with Crippen molar-refractivity contribution in [3.05, 3.63) is 65.2 Å². The van der Waals surface area contributed by atoms with Crippen molar-refractivity contribution in [1.29, 1.82) is 0 Å². The van der Waals surface area contributed by atoms with E-state index in [0.29, 0.717) is 24.3 Å². The number of rotatable bonds is 5. The average Bonchev–Trinajstić information content (AvgIpc) is 3.36. The highest BCUT2D eigenvalue weighted by atomic mass is 16.5. The molecule has 1 heterocycles. The summed E-state index contributed by atoms with van der Waals surface area (Å²) in [6.45, 7) is 9.63. The van der Waals surface area contributed by atoms with Gasteiger partial charge in [-0.25, -0.2) is 9.98 Å². The van der Waals surface area contributed by atoms with E-state index in [1.54, 1.807) is 0 Å². The van der Waals surface area contributed by atoms with Gasteiger partial charge >= 0.3 is 0 Å². The van der Waals surface area contributed by atoms with Crippen molar-refractivity contribution in [2.45, 2.75) is 70.8 Å². The van der Waals surface area contributed by atoms with Gasteiger partial charge in [0.15, 0.2) is 0 Å². The SMILES string of the molecule is CC(C)c1cccc(C(C)C)c1N=C(C1=NC2(CCCC2)CO1)c1ccccc1. The maximum Gasteiger partial charge on any atom is 0.236 e. The highest BCUT2D eigenvalue weighted by Gasteiger charge is 2.40. The van der Waals surface area contributed by atoms with Gasteiger partial charge in [-0.1, -0.05) is 89.1 Å². The Balaban J connectivity index is 1.89. The Labute approximate surface area is 174 Å². The Morgan fingerprint density at radius 1 is 0.897 bits per heavy atom. The zero-order chi connectivity index (χ0) is 20.4. The summed E-state index contributed by atoms with van der Waals surface area (Å²) in [6.07, 6.45) is 4.73. The lowest BCUT2D eigenvalue weighted by molar-refractivity contribution is 0.260. The van der Waals surface area contributed by atoms with Gasteiger partial charge in [-0.15, -0.1) is 0 Å². The van der Waals surface area contributed by atoms with Crippen molar-refractivity contribution in [3.63, 3.8) is 0 Å². The van der Waals surface area contributed by atoms with Gasteiger partial charge in [0.25, 0.3) is 0 Å². The van der Waals surface area contributed by atoms with Crippen molar-refractivity contribution in [3.8, 4) is 0 Å². The number of aliphatic imine (C=N–C) groups is 2. The van der Waals surface area contributed by atoms with Crippen molar-refractivity contribution < 1.29 is 4.74 Å². The monoisotopic (exact) mass is 388 g/mol. The maximum absolute atomic E-state index is 6.20. The minimum atomic E-state index is -0.0245. The lowest BCUT2D eigenvalue weighted by atomic mass is 9.92. The van der Waals surface area contributed by atoms with E-state index in [0.717, 1.165) is 29.8 Å². The summed E-state index contributed by atoms with van der Waals surface area (Å²) in [5.41, 5.74) is 5.54. The second kappa shape index (κ2) is 8.14. The van der Waals surface area contributed by atoms with E-state index >= 15 is 0 Å². The lowest BCUT2D eigenvalue weighted by Gasteiger charge is -2.18. The first-order chi connectivity index (χ1) is 14.0. The molecule has 0 atom stereocenters. The molecule has 2 aromatic rings. The summed E-state index contributed by atoms with van der Waals surface area (Å²) in [6, 6.07) is 16.9. The molecule has 2 aromatic carbocycles. The van der Waals surface area contributed by atoms with Gasteiger partial charge in [0, 0.05) is 5.56 Å². The smallest absolute Gasteiger partial charge is 0.236 e. The number of hydrogen-bond acceptors (Lipinski definition) is 3. The molecule has 0 aromatic heterocycles. The summed E-state index contributed by atoms with van der Waals surface area (Å²) in [4.78, 5) is 10.4. The van der Waals surface area contributed by atoms with Crippen LogP contribution in [0.25, 0.3) is 0 Å². The lowest BCUT2D eigenvalue weighted by Crippen LogP contribution is -2.22. The van der Waals surface area contributed by atoms with Crippen LogP contribution in [0, 0.1) is 0 Å². The molecular formula is C26H32N2O. The van der Waals surface area contributed by atoms with Crippen LogP contribution >= 0.6 is 0 Å². The number of ether oxygens (including phenoxy) is 1. The molecule has 152 valence electrons. The van der Waals surface area contributed by atoms with E-state index in [2.05, 4.69) is 70.2 Å². The molecule has 0 unspecified atom stereocenters. The Bertz CT molecular complexity index is 893. The minimum Gasteiger partial charge on any atom is -0.474 e. The largest absolute Gasteiger partial charge is 0.474 e. The third kappa shape index (κ3) is 4.01. The highest BCUT2D eigenvalue weighted by molar-refractivity contribution is 6.46. The Morgan fingerprint density at radius 2 is 1.52 bits per heavy atom. The van der Waals surface area contributed by atoms with Crippen LogP contribution in [0.2, 0.25) is 0 Å². The first-order valence-electron chi connectivity index (χ1n) is 11.0. The van der Waals surface area contributed by atoms with Crippen LogP contribution in [0.5, 0.6) is 0 Å². The van der Waals surface area contributed by atoms with E-state index in [9.17, 15) is 0 Å². The van der Waals surface area contributed by atoms with Gasteiger partial charge in [0.2, 0.25) is 5.90 Å². The quantitative estimate of drug-likeness (QED) is 0.519. The fraction of sp³-hybridized carbons (Fsp3) is 0.462. The van der Waals surface area contributed by atoms with Crippen LogP contribution in [-0.4, -0.2) is 23.8 Å². The molecule has 0 N–H and O–H groups in total. The molecule has 0 amide bonds. The minimum absolute atomic E-state index is 0.0245. The van der Waals surface area contributed by atoms with Crippen molar-refractivity contribution in [2.75, 3.05) is 6.61 Å². The van der Waals surface area contributed by atoms with Crippen molar-refractivity contribution in [2.24, 2.45) is 9.98 Å². The topological polar surface area (TPSA) is 34.0 Å². The van der Waals surface area contributed by atoms with Crippen LogP contribution in [0.3, 0.4) is 0 Å². The first-order valence-corrected chi connectivity index (χ1v) is 11.0. The van der Waals surface area contributed by atoms with Crippen LogP contribution in [0.15, 0.2) is 58.5 Å². The Morgan fingerprint density at radius 3 is 2.10 bits per heavy atom. The molecule has 1 aliphatic carbocycles. The third-order valence-corrected chi connectivity index (χ3v) is 6.17. The maximum atomic E-state index is 6.20. The summed E-state index contributed by atoms with van der Waals surface area (Å²) < 4.78 is 6.20. The Hall–Kier alpha value is -2.42. The summed E-state index contributed by atoms with van der Waals surface area (Å²) in [7, 11) is 0. The second-order valence-electron chi connectivity index (χ2n) is 9.06. The predicted molar refractivity (Wildman–Crippen MR) is 122 cm³/mol. The van der Waals surface area contributed by atoms with Gasteiger partial charge in [0.05, 0.1) is 11.2 Å². The zero-order valence-corrected chi connectivity index (χ0v) is 18.1. The molecule has 1 saturated carbocycles. The molecule has 3 heteroatoms. The number of para-hydroxylation sites is 1. The van der Waals surface area contributed by atoms with Crippen molar-refractivity contribution in [1.82, 2.24) is 0 Å². The fourth-order valence-electron chi connectivity index (χ4n) is 4.48. The standard InChI is InChI=1S/C26H32N2O/c1-18(2)21-13-10-14-22(19(3)4)24(21)27-23(20-11-6-5-7-12-20)25-28-26(17-29-25)15-8-9-16-26/h5-7,10-14,18-19H,8-9,15-17H2,1-4H3. The van der Waals surface area contributed by atoms with Gasteiger partial charge < -0.3 is 4.74 Å². The molecule has 1 spiro atoms. The number of hydrogen-bond donors (Lipinski definition) is 0. The molecule has 0 bridgehead atoms. The van der Waals surface area contributed by atoms with E-state index in [-0.39, 0.29) is 5.54 Å². The zero-order valence-electron chi connectivity index (χ0n) is 18.1. The first kappa shape index (κ1) is 19.9. The molecule has 29 heavy (non-hydrogen) atoms. The normalized spacial score (nSPS) is 18.6. The summed E-state index contributed by atoms with van der Waals surface area (Å²) in [5, 5.41) is 0. The molecule has 1 fully saturated rings. The van der Waals surface area contributed by atoms with Crippen LogP contribution in [-0.2, 0) is 4.74 Å². The van der Waals surface area contributed by atoms with Gasteiger partial charge in [-0.2, -0.15) is 0 Å². The molecule has 0 saturated heterocycles. The molecule has 3 nitrogen and oxygen atoms in total. The summed E-state index contributed by atoms with van der Waals surface area (Å²) in [5.74, 6) is 1.51. The highest BCUT2D eigenvalue weighted by Crippen LogP contribution is 2.39. The van der Waals surface area contributed by atoms with Gasteiger partial charge in [-0.05, 0) is 35.8 Å². The van der Waals surface area contributed by atoms with Crippen LogP contribution in [0.4, 0.5) is 5.69 Å². The van der Waals surface area contributed by atoms with Gasteiger partial charge in [0.1, 0.15) is 12.3 Å². The van der Waals surface area contributed by atoms with E-state index < -0.39 is 0 Å². The Kier molecular flexibility index (Phi) is 5.58. The molecular weight excluding hydrogens is 356 g/mol. The number of nitrogens with zero attached hydrogens (tertiary/aromatic N) is 2. The van der Waals surface area contributed by atoms with E-state index in [1.165, 1.54) is 24.0 Å². The molecule has 1 aliphatic heterocycles. The molecule has 2 aliphatic rings. The molecule has 0 radical (unpaired) electrons. The number of benzene rings is 2. The van der Waals surface area contributed by atoms with E-state index in [4.69, 9.17) is 14.7 Å².